The Morgan fingerprint density at radius 1 is 0.917 bits per heavy atom. The number of esters is 1. The molecule has 1 aliphatic rings. The smallest absolute Gasteiger partial charge is 0.338 e. The van der Waals surface area contributed by atoms with Gasteiger partial charge in [0.2, 0.25) is 0 Å². The molecule has 1 aliphatic heterocycles. The number of anilines is 1. The van der Waals surface area contributed by atoms with Crippen molar-refractivity contribution in [2.45, 2.75) is 19.9 Å². The van der Waals surface area contributed by atoms with Crippen molar-refractivity contribution >= 4 is 29.1 Å². The van der Waals surface area contributed by atoms with Crippen LogP contribution in [0.1, 0.15) is 41.4 Å². The quantitative estimate of drug-likeness (QED) is 0.217. The summed E-state index contributed by atoms with van der Waals surface area (Å²) >= 11 is 0. The third kappa shape index (κ3) is 4.65. The van der Waals surface area contributed by atoms with E-state index in [0.717, 1.165) is 0 Å². The number of aliphatic hydroxyl groups is 1. The second-order valence-electron chi connectivity index (χ2n) is 8.00. The fourth-order valence-electron chi connectivity index (χ4n) is 4.16. The molecule has 2 N–H and O–H groups in total. The van der Waals surface area contributed by atoms with Gasteiger partial charge in [-0.2, -0.15) is 0 Å². The number of phenolic OH excluding ortho intramolecular Hbond substituents is 1. The lowest BCUT2D eigenvalue weighted by atomic mass is 9.95. The number of nitrogens with zero attached hydrogens (tertiary/aromatic N) is 1. The van der Waals surface area contributed by atoms with Crippen molar-refractivity contribution in [3.63, 3.8) is 0 Å². The summed E-state index contributed by atoms with van der Waals surface area (Å²) in [6, 6.07) is 17.8. The number of hydrogen-bond acceptors (Lipinski definition) is 7. The molecule has 0 spiro atoms. The summed E-state index contributed by atoms with van der Waals surface area (Å²) in [4.78, 5) is 40.2. The van der Waals surface area contributed by atoms with E-state index < -0.39 is 23.7 Å². The number of amides is 1. The van der Waals surface area contributed by atoms with Gasteiger partial charge in [-0.1, -0.05) is 30.3 Å². The van der Waals surface area contributed by atoms with Crippen LogP contribution in [0.15, 0.2) is 78.4 Å². The van der Waals surface area contributed by atoms with Crippen LogP contribution in [-0.4, -0.2) is 41.1 Å². The molecule has 0 aromatic heterocycles. The van der Waals surface area contributed by atoms with Crippen LogP contribution < -0.4 is 9.64 Å². The van der Waals surface area contributed by atoms with E-state index in [1.54, 1.807) is 61.5 Å². The van der Waals surface area contributed by atoms with Crippen molar-refractivity contribution in [1.82, 2.24) is 0 Å². The van der Waals surface area contributed by atoms with Gasteiger partial charge in [-0.15, -0.1) is 0 Å². The highest BCUT2D eigenvalue weighted by Gasteiger charge is 2.47. The molecule has 1 heterocycles. The van der Waals surface area contributed by atoms with E-state index in [1.165, 1.54) is 23.1 Å². The summed E-state index contributed by atoms with van der Waals surface area (Å²) in [6.07, 6.45) is 0. The standard InChI is InChI=1S/C28H25NO7/c1-3-35-22-13-7-9-18(16-22)25(31)23-24(17-8-6-12-21(30)15-17)29(27(33)26(23)32)20-11-5-10-19(14-20)28(34)36-4-2/h5-16,24,30-31H,3-4H2,1-2H3/b25-23+. The summed E-state index contributed by atoms with van der Waals surface area (Å²) in [5.41, 5.74) is 1.01. The molecule has 0 saturated carbocycles. The zero-order valence-electron chi connectivity index (χ0n) is 19.8. The minimum absolute atomic E-state index is 0.0725. The maximum atomic E-state index is 13.3. The van der Waals surface area contributed by atoms with Gasteiger partial charge in [-0.05, 0) is 61.9 Å². The SMILES string of the molecule is CCOC(=O)c1cccc(N2C(=O)C(=O)/C(=C(/O)c3cccc(OCC)c3)C2c2cccc(O)c2)c1. The highest BCUT2D eigenvalue weighted by Crippen LogP contribution is 2.43. The highest BCUT2D eigenvalue weighted by atomic mass is 16.5. The third-order valence-corrected chi connectivity index (χ3v) is 5.68. The molecule has 36 heavy (non-hydrogen) atoms. The first-order valence-corrected chi connectivity index (χ1v) is 11.5. The third-order valence-electron chi connectivity index (χ3n) is 5.68. The number of rotatable bonds is 7. The van der Waals surface area contributed by atoms with Crippen LogP contribution in [-0.2, 0) is 14.3 Å². The van der Waals surface area contributed by atoms with E-state index in [1.807, 2.05) is 6.92 Å². The Hall–Kier alpha value is -4.59. The van der Waals surface area contributed by atoms with E-state index in [9.17, 15) is 24.6 Å². The van der Waals surface area contributed by atoms with Gasteiger partial charge < -0.3 is 19.7 Å². The van der Waals surface area contributed by atoms with Crippen LogP contribution in [0.25, 0.3) is 5.76 Å². The maximum absolute atomic E-state index is 13.3. The zero-order chi connectivity index (χ0) is 25.8. The number of aliphatic hydroxyl groups excluding tert-OH is 1. The molecule has 184 valence electrons. The number of ether oxygens (including phenoxy) is 2. The molecule has 3 aromatic carbocycles. The minimum Gasteiger partial charge on any atom is -0.508 e. The van der Waals surface area contributed by atoms with Crippen molar-refractivity contribution in [1.29, 1.82) is 0 Å². The number of ketones is 1. The number of benzene rings is 3. The van der Waals surface area contributed by atoms with Gasteiger partial charge in [-0.25, -0.2) is 4.79 Å². The van der Waals surface area contributed by atoms with Crippen molar-refractivity contribution in [3.05, 3.63) is 95.1 Å². The number of hydrogen-bond donors (Lipinski definition) is 2. The van der Waals surface area contributed by atoms with Crippen molar-refractivity contribution in [2.24, 2.45) is 0 Å². The Morgan fingerprint density at radius 2 is 1.64 bits per heavy atom. The van der Waals surface area contributed by atoms with E-state index in [4.69, 9.17) is 9.47 Å². The van der Waals surface area contributed by atoms with Gasteiger partial charge >= 0.3 is 5.97 Å². The molecule has 0 radical (unpaired) electrons. The molecule has 3 aromatic rings. The number of phenols is 1. The second kappa shape index (κ2) is 10.4. The zero-order valence-corrected chi connectivity index (χ0v) is 19.8. The van der Waals surface area contributed by atoms with Crippen LogP contribution >= 0.6 is 0 Å². The molecule has 1 fully saturated rings. The molecular formula is C28H25NO7. The van der Waals surface area contributed by atoms with E-state index in [-0.39, 0.29) is 34.9 Å². The molecule has 1 atom stereocenters. The predicted molar refractivity (Wildman–Crippen MR) is 133 cm³/mol. The summed E-state index contributed by atoms with van der Waals surface area (Å²) in [7, 11) is 0. The molecule has 1 amide bonds. The minimum atomic E-state index is -1.06. The summed E-state index contributed by atoms with van der Waals surface area (Å²) in [6.45, 7) is 4.10. The molecule has 0 bridgehead atoms. The fraction of sp³-hybridized carbons (Fsp3) is 0.179. The van der Waals surface area contributed by atoms with E-state index in [2.05, 4.69) is 0 Å². The Balaban J connectivity index is 1.91. The van der Waals surface area contributed by atoms with Gasteiger partial charge in [0, 0.05) is 11.3 Å². The monoisotopic (exact) mass is 487 g/mol. The lowest BCUT2D eigenvalue weighted by Crippen LogP contribution is -2.29. The summed E-state index contributed by atoms with van der Waals surface area (Å²) in [5, 5.41) is 21.4. The highest BCUT2D eigenvalue weighted by molar-refractivity contribution is 6.51. The Kier molecular flexibility index (Phi) is 7.05. The molecule has 0 aliphatic carbocycles. The molecule has 1 saturated heterocycles. The van der Waals surface area contributed by atoms with Crippen LogP contribution in [0.2, 0.25) is 0 Å². The number of carbonyl (C=O) groups is 3. The van der Waals surface area contributed by atoms with Crippen LogP contribution in [0.5, 0.6) is 11.5 Å². The van der Waals surface area contributed by atoms with Crippen LogP contribution in [0.3, 0.4) is 0 Å². The van der Waals surface area contributed by atoms with Gasteiger partial charge in [0.05, 0.1) is 30.4 Å². The fourth-order valence-corrected chi connectivity index (χ4v) is 4.16. The Labute approximate surface area is 208 Å². The van der Waals surface area contributed by atoms with Crippen molar-refractivity contribution in [2.75, 3.05) is 18.1 Å². The van der Waals surface area contributed by atoms with Gasteiger partial charge in [0.1, 0.15) is 17.3 Å². The maximum Gasteiger partial charge on any atom is 0.338 e. The number of carbonyl (C=O) groups excluding carboxylic acids is 3. The first kappa shape index (κ1) is 24.5. The molecule has 1 unspecified atom stereocenters. The predicted octanol–water partition coefficient (Wildman–Crippen LogP) is 4.59. The number of aromatic hydroxyl groups is 1. The van der Waals surface area contributed by atoms with Crippen LogP contribution in [0.4, 0.5) is 5.69 Å². The topological polar surface area (TPSA) is 113 Å². The first-order valence-electron chi connectivity index (χ1n) is 11.5. The lowest BCUT2D eigenvalue weighted by molar-refractivity contribution is -0.132. The van der Waals surface area contributed by atoms with Gasteiger partial charge in [0.25, 0.3) is 11.7 Å². The van der Waals surface area contributed by atoms with Crippen LogP contribution in [0, 0.1) is 0 Å². The van der Waals surface area contributed by atoms with Gasteiger partial charge in [-0.3, -0.25) is 14.5 Å². The van der Waals surface area contributed by atoms with Crippen molar-refractivity contribution in [3.8, 4) is 11.5 Å². The summed E-state index contributed by atoms with van der Waals surface area (Å²) < 4.78 is 10.6. The molecular weight excluding hydrogens is 462 g/mol. The average molecular weight is 488 g/mol. The van der Waals surface area contributed by atoms with Crippen molar-refractivity contribution < 1.29 is 34.1 Å². The lowest BCUT2D eigenvalue weighted by Gasteiger charge is -2.26. The number of Topliss-reactive ketones (excluding diaryl/α,β-unsaturated/α-hetero) is 1. The summed E-state index contributed by atoms with van der Waals surface area (Å²) in [5.74, 6) is -2.32. The van der Waals surface area contributed by atoms with E-state index in [0.29, 0.717) is 23.5 Å². The Bertz CT molecular complexity index is 1360. The van der Waals surface area contributed by atoms with E-state index >= 15 is 0 Å². The largest absolute Gasteiger partial charge is 0.508 e. The molecule has 8 nitrogen and oxygen atoms in total. The molecule has 8 heteroatoms. The van der Waals surface area contributed by atoms with Gasteiger partial charge in [0.15, 0.2) is 0 Å². The average Bonchev–Trinajstić information content (AvgIpc) is 3.14. The Morgan fingerprint density at radius 3 is 2.36 bits per heavy atom. The first-order chi connectivity index (χ1) is 17.3. The second-order valence-corrected chi connectivity index (χ2v) is 8.00. The molecule has 4 rings (SSSR count). The normalized spacial score (nSPS) is 16.7.